The molecule has 0 amide bonds. The highest BCUT2D eigenvalue weighted by Gasteiger charge is 2.63. The van der Waals surface area contributed by atoms with Gasteiger partial charge in [-0.1, -0.05) is 6.08 Å². The van der Waals surface area contributed by atoms with Gasteiger partial charge in [0.15, 0.2) is 0 Å². The molecule has 0 spiro atoms. The number of ether oxygens (including phenoxy) is 3. The van der Waals surface area contributed by atoms with Crippen LogP contribution in [0, 0.1) is 35.5 Å². The molecular weight excluding hydrogens is 592 g/mol. The number of allylic oxidation sites excluding steroid dienone is 1. The molecule has 12 nitrogen and oxygen atoms in total. The highest BCUT2D eigenvalue weighted by molar-refractivity contribution is 5.87. The van der Waals surface area contributed by atoms with Crippen molar-refractivity contribution in [1.29, 1.82) is 0 Å². The smallest absolute Gasteiger partial charge is 0.333 e. The largest absolute Gasteiger partial charge is 0.456 e. The summed E-state index contributed by atoms with van der Waals surface area (Å²) >= 11 is 0. The van der Waals surface area contributed by atoms with Crippen molar-refractivity contribution in [2.75, 3.05) is 26.3 Å². The number of Topliss-reactive ketones (excluding diaryl/α,β-unsaturated/α-hetero) is 1. The zero-order chi connectivity index (χ0) is 33.2. The van der Waals surface area contributed by atoms with Crippen molar-refractivity contribution in [3.8, 4) is 0 Å². The van der Waals surface area contributed by atoms with Crippen LogP contribution in [0.1, 0.15) is 78.6 Å². The Kier molecular flexibility index (Phi) is 12.0. The van der Waals surface area contributed by atoms with E-state index in [0.717, 1.165) is 38.8 Å². The lowest BCUT2D eigenvalue weighted by Crippen LogP contribution is -2.69. The van der Waals surface area contributed by atoms with Crippen molar-refractivity contribution >= 4 is 11.8 Å². The number of hydrogen-bond acceptors (Lipinski definition) is 12. The molecule has 12 heteroatoms. The number of esters is 1. The fourth-order valence-electron chi connectivity index (χ4n) is 9.13. The Morgan fingerprint density at radius 3 is 2.59 bits per heavy atom. The topological polar surface area (TPSA) is 199 Å². The molecule has 0 aromatic carbocycles. The van der Waals surface area contributed by atoms with Crippen molar-refractivity contribution in [2.45, 2.75) is 127 Å². The summed E-state index contributed by atoms with van der Waals surface area (Å²) in [6.45, 7) is 6.73. The summed E-state index contributed by atoms with van der Waals surface area (Å²) in [6.07, 6.45) is 3.69. The van der Waals surface area contributed by atoms with Gasteiger partial charge in [0.2, 0.25) is 0 Å². The van der Waals surface area contributed by atoms with Gasteiger partial charge in [0, 0.05) is 30.4 Å². The van der Waals surface area contributed by atoms with E-state index in [1.54, 1.807) is 19.9 Å². The molecule has 4 saturated heterocycles. The third-order valence-corrected chi connectivity index (χ3v) is 11.9. The molecule has 0 bridgehead atoms. The molecule has 14 atom stereocenters. The predicted molar refractivity (Wildman–Crippen MR) is 171 cm³/mol. The monoisotopic (exact) mass is 650 g/mol. The van der Waals surface area contributed by atoms with E-state index in [9.17, 15) is 24.9 Å². The molecule has 14 unspecified atom stereocenters. The molecule has 0 radical (unpaired) electrons. The van der Waals surface area contributed by atoms with Crippen LogP contribution in [0.3, 0.4) is 0 Å². The van der Waals surface area contributed by atoms with E-state index in [1.165, 1.54) is 0 Å². The van der Waals surface area contributed by atoms with E-state index in [-0.39, 0.29) is 55.5 Å². The van der Waals surface area contributed by atoms with E-state index in [2.05, 4.69) is 10.6 Å². The number of hydrogen-bond donors (Lipinski definition) is 7. The normalized spacial score (nSPS) is 44.2. The quantitative estimate of drug-likeness (QED) is 0.129. The molecule has 1 aliphatic carbocycles. The van der Waals surface area contributed by atoms with Gasteiger partial charge < -0.3 is 51.6 Å². The van der Waals surface area contributed by atoms with Gasteiger partial charge in [0.1, 0.15) is 17.5 Å². The number of fused-ring (bicyclic) bond motifs is 2. The molecule has 5 aliphatic rings. The molecule has 4 heterocycles. The summed E-state index contributed by atoms with van der Waals surface area (Å²) in [5.74, 6) is -1.77. The number of nitrogens with two attached hydrogens (primary N) is 2. The van der Waals surface area contributed by atoms with Crippen LogP contribution in [0.15, 0.2) is 11.6 Å². The summed E-state index contributed by atoms with van der Waals surface area (Å²) in [7, 11) is 0. The summed E-state index contributed by atoms with van der Waals surface area (Å²) < 4.78 is 19.9. The van der Waals surface area contributed by atoms with Crippen LogP contribution in [0.2, 0.25) is 0 Å². The van der Waals surface area contributed by atoms with Gasteiger partial charge in [-0.05, 0) is 103 Å². The number of aliphatic hydroxyl groups is 3. The van der Waals surface area contributed by atoms with Gasteiger partial charge in [-0.25, -0.2) is 4.79 Å². The van der Waals surface area contributed by atoms with Crippen molar-refractivity contribution in [3.63, 3.8) is 0 Å². The molecular formula is C34H58N4O8. The van der Waals surface area contributed by atoms with Crippen molar-refractivity contribution in [1.82, 2.24) is 10.6 Å². The van der Waals surface area contributed by atoms with E-state index < -0.39 is 53.9 Å². The van der Waals surface area contributed by atoms with E-state index in [1.807, 2.05) is 6.92 Å². The number of aliphatic hydroxyl groups excluding tert-OH is 3. The minimum absolute atomic E-state index is 0.000907. The van der Waals surface area contributed by atoms with Gasteiger partial charge in [0.05, 0.1) is 49.3 Å². The Bertz CT molecular complexity index is 1090. The fourth-order valence-corrected chi connectivity index (χ4v) is 9.13. The maximum atomic E-state index is 13.7. The second-order valence-electron chi connectivity index (χ2n) is 14.8. The maximum Gasteiger partial charge on any atom is 0.333 e. The Balaban J connectivity index is 1.52. The number of nitrogens with one attached hydrogen (secondary N) is 2. The first kappa shape index (κ1) is 35.8. The van der Waals surface area contributed by atoms with Crippen molar-refractivity contribution in [2.24, 2.45) is 47.0 Å². The number of carbonyl (C=O) groups excluding carboxylic acids is 2. The summed E-state index contributed by atoms with van der Waals surface area (Å²) in [5.41, 5.74) is 12.1. The second kappa shape index (κ2) is 15.4. The molecule has 5 rings (SSSR count). The summed E-state index contributed by atoms with van der Waals surface area (Å²) in [5, 5.41) is 39.1. The minimum Gasteiger partial charge on any atom is -0.456 e. The first-order valence-electron chi connectivity index (χ1n) is 17.6. The lowest BCUT2D eigenvalue weighted by Gasteiger charge is -2.60. The molecule has 5 fully saturated rings. The average molecular weight is 651 g/mol. The van der Waals surface area contributed by atoms with Crippen LogP contribution in [0.4, 0.5) is 0 Å². The third kappa shape index (κ3) is 7.55. The Hall–Kier alpha value is -1.48. The molecule has 1 saturated carbocycles. The first-order chi connectivity index (χ1) is 22.0. The molecule has 4 aliphatic heterocycles. The lowest BCUT2D eigenvalue weighted by molar-refractivity contribution is -0.293. The molecule has 46 heavy (non-hydrogen) atoms. The highest BCUT2D eigenvalue weighted by Crippen LogP contribution is 2.54. The Morgan fingerprint density at radius 1 is 1.15 bits per heavy atom. The van der Waals surface area contributed by atoms with Gasteiger partial charge in [-0.15, -0.1) is 0 Å². The summed E-state index contributed by atoms with van der Waals surface area (Å²) in [6, 6.07) is 0. The second-order valence-corrected chi connectivity index (χ2v) is 14.8. The molecule has 0 aromatic rings. The zero-order valence-corrected chi connectivity index (χ0v) is 27.8. The van der Waals surface area contributed by atoms with Crippen LogP contribution in [0.25, 0.3) is 0 Å². The van der Waals surface area contributed by atoms with E-state index in [0.29, 0.717) is 37.2 Å². The van der Waals surface area contributed by atoms with Crippen LogP contribution >= 0.6 is 0 Å². The van der Waals surface area contributed by atoms with Gasteiger partial charge >= 0.3 is 5.97 Å². The van der Waals surface area contributed by atoms with E-state index >= 15 is 0 Å². The predicted octanol–water partition coefficient (Wildman–Crippen LogP) is 0.702. The number of rotatable bonds is 10. The first-order valence-corrected chi connectivity index (χ1v) is 17.6. The summed E-state index contributed by atoms with van der Waals surface area (Å²) in [4.78, 5) is 26.9. The molecule has 9 N–H and O–H groups in total. The SMILES string of the molecule is CC=C(C)C(=O)OC1CC2C(O)C3C(=O)CC(CO)OC3C(C(CCO)C3CCNC(N)C3)C2OC1(C)CCC1CCC(N)NC1. The molecule has 0 aromatic heterocycles. The zero-order valence-electron chi connectivity index (χ0n) is 27.8. The average Bonchev–Trinajstić information content (AvgIpc) is 3.04. The van der Waals surface area contributed by atoms with Gasteiger partial charge in [0.25, 0.3) is 0 Å². The number of piperidine rings is 2. The van der Waals surface area contributed by atoms with Gasteiger partial charge in [-0.2, -0.15) is 0 Å². The highest BCUT2D eigenvalue weighted by atomic mass is 16.6. The van der Waals surface area contributed by atoms with Crippen molar-refractivity contribution < 1.29 is 39.1 Å². The van der Waals surface area contributed by atoms with Crippen molar-refractivity contribution in [3.05, 3.63) is 11.6 Å². The third-order valence-electron chi connectivity index (χ3n) is 11.9. The fraction of sp³-hybridized carbons (Fsp3) is 0.882. The minimum atomic E-state index is -1.07. The van der Waals surface area contributed by atoms with Gasteiger partial charge in [-0.3, -0.25) is 4.79 Å². The number of carbonyl (C=O) groups is 2. The number of ketones is 1. The van der Waals surface area contributed by atoms with E-state index in [4.69, 9.17) is 25.7 Å². The standard InChI is InChI=1S/C34H58N4O8/c1-4-18(2)33(43)45-25-15-23-30(42)29-24(41)14-21(17-40)44-32(29)28(22(9-12-39)20-8-11-37-27(36)13-20)31(23)46-34(25,3)10-7-19-5-6-26(35)38-16-19/h4,19-23,25-32,37-40,42H,5-17,35-36H2,1-3H3. The van der Waals surface area contributed by atoms with Crippen LogP contribution in [-0.4, -0.2) is 102 Å². The van der Waals surface area contributed by atoms with Crippen LogP contribution < -0.4 is 22.1 Å². The molecule has 262 valence electrons. The van der Waals surface area contributed by atoms with Crippen LogP contribution in [0.5, 0.6) is 0 Å². The van der Waals surface area contributed by atoms with Crippen LogP contribution in [-0.2, 0) is 23.8 Å². The maximum absolute atomic E-state index is 13.7. The lowest BCUT2D eigenvalue weighted by atomic mass is 9.57. The Labute approximate surface area is 273 Å². The Morgan fingerprint density at radius 2 is 1.93 bits per heavy atom.